The Labute approximate surface area is 168 Å². The molecule has 0 aromatic heterocycles. The number of urea groups is 1. The summed E-state index contributed by atoms with van der Waals surface area (Å²) < 4.78 is 0. The maximum Gasteiger partial charge on any atom is 0.317 e. The number of rotatable bonds is 4. The zero-order valence-electron chi connectivity index (χ0n) is 17.3. The first-order valence-corrected chi connectivity index (χ1v) is 10.6. The number of carbonyl (C=O) groups is 2. The molecule has 0 radical (unpaired) electrons. The first-order valence-electron chi connectivity index (χ1n) is 10.6. The summed E-state index contributed by atoms with van der Waals surface area (Å²) in [6.07, 6.45) is 5.13. The van der Waals surface area contributed by atoms with Crippen molar-refractivity contribution in [2.45, 2.75) is 45.1 Å². The molecule has 0 bridgehead atoms. The molecule has 3 rings (SSSR count). The van der Waals surface area contributed by atoms with Crippen molar-refractivity contribution < 1.29 is 9.59 Å². The Hall–Kier alpha value is -2.08. The minimum atomic E-state index is -0.265. The molecule has 2 saturated heterocycles. The van der Waals surface area contributed by atoms with Crippen LogP contribution in [0.5, 0.6) is 0 Å². The molecular weight excluding hydrogens is 352 g/mol. The number of benzene rings is 1. The van der Waals surface area contributed by atoms with Crippen LogP contribution in [0.2, 0.25) is 0 Å². The highest BCUT2D eigenvalue weighted by Gasteiger charge is 2.29. The summed E-state index contributed by atoms with van der Waals surface area (Å²) in [7, 11) is 0. The molecule has 0 aliphatic carbocycles. The van der Waals surface area contributed by atoms with Crippen LogP contribution in [-0.4, -0.2) is 78.0 Å². The van der Waals surface area contributed by atoms with E-state index < -0.39 is 0 Å². The molecule has 3 amide bonds. The van der Waals surface area contributed by atoms with Crippen LogP contribution in [-0.2, 0) is 0 Å². The average Bonchev–Trinajstić information content (AvgIpc) is 2.96. The quantitative estimate of drug-likeness (QED) is 0.866. The number of nitrogens with one attached hydrogen (secondary N) is 1. The Morgan fingerprint density at radius 3 is 2.04 bits per heavy atom. The Kier molecular flexibility index (Phi) is 6.94. The van der Waals surface area contributed by atoms with Gasteiger partial charge in [0, 0.05) is 43.8 Å². The number of piperazine rings is 1. The molecule has 6 nitrogen and oxygen atoms in total. The Balaban J connectivity index is 1.47. The van der Waals surface area contributed by atoms with E-state index in [4.69, 9.17) is 0 Å². The van der Waals surface area contributed by atoms with Gasteiger partial charge in [-0.3, -0.25) is 4.79 Å². The largest absolute Gasteiger partial charge is 0.335 e. The molecule has 0 spiro atoms. The van der Waals surface area contributed by atoms with Gasteiger partial charge in [0.05, 0.1) is 0 Å². The van der Waals surface area contributed by atoms with Gasteiger partial charge in [-0.15, -0.1) is 0 Å². The summed E-state index contributed by atoms with van der Waals surface area (Å²) in [6, 6.07) is 9.32. The number of likely N-dealkylation sites (tertiary alicyclic amines) is 1. The molecule has 1 aromatic rings. The van der Waals surface area contributed by atoms with Crippen molar-refractivity contribution in [2.75, 3.05) is 45.8 Å². The first kappa shape index (κ1) is 20.6. The number of carbonyl (C=O) groups excluding carboxylic acids is 2. The molecule has 0 atom stereocenters. The molecule has 2 aliphatic heterocycles. The van der Waals surface area contributed by atoms with Gasteiger partial charge in [0.1, 0.15) is 0 Å². The third-order valence-corrected chi connectivity index (χ3v) is 5.64. The molecule has 6 heteroatoms. The fraction of sp³-hybridized carbons (Fsp3) is 0.636. The predicted molar refractivity (Wildman–Crippen MR) is 111 cm³/mol. The Morgan fingerprint density at radius 1 is 0.857 bits per heavy atom. The molecule has 2 heterocycles. The minimum absolute atomic E-state index is 0.0216. The summed E-state index contributed by atoms with van der Waals surface area (Å²) >= 11 is 0. The van der Waals surface area contributed by atoms with Gasteiger partial charge in [0.25, 0.3) is 5.91 Å². The van der Waals surface area contributed by atoms with Crippen LogP contribution in [0.25, 0.3) is 0 Å². The van der Waals surface area contributed by atoms with Gasteiger partial charge in [-0.2, -0.15) is 0 Å². The summed E-state index contributed by atoms with van der Waals surface area (Å²) in [5, 5.41) is 3.21. The van der Waals surface area contributed by atoms with Crippen molar-refractivity contribution >= 4 is 11.9 Å². The lowest BCUT2D eigenvalue weighted by atomic mass is 10.0. The van der Waals surface area contributed by atoms with Gasteiger partial charge in [0.2, 0.25) is 0 Å². The molecule has 1 N–H and O–H groups in total. The van der Waals surface area contributed by atoms with Crippen molar-refractivity contribution in [2.24, 2.45) is 0 Å². The minimum Gasteiger partial charge on any atom is -0.335 e. The van der Waals surface area contributed by atoms with E-state index in [1.807, 2.05) is 40.1 Å². The van der Waals surface area contributed by atoms with Crippen LogP contribution in [0.15, 0.2) is 30.3 Å². The zero-order valence-corrected chi connectivity index (χ0v) is 17.3. The highest BCUT2D eigenvalue weighted by molar-refractivity contribution is 5.94. The van der Waals surface area contributed by atoms with E-state index in [1.165, 1.54) is 25.7 Å². The fourth-order valence-corrected chi connectivity index (χ4v) is 4.14. The molecular formula is C22H34N4O2. The van der Waals surface area contributed by atoms with Crippen LogP contribution in [0.4, 0.5) is 4.79 Å². The maximum absolute atomic E-state index is 12.8. The lowest BCUT2D eigenvalue weighted by Crippen LogP contribution is -2.59. The van der Waals surface area contributed by atoms with Crippen molar-refractivity contribution in [3.63, 3.8) is 0 Å². The molecule has 0 saturated carbocycles. The maximum atomic E-state index is 12.8. The highest BCUT2D eigenvalue weighted by Crippen LogP contribution is 2.15. The third kappa shape index (κ3) is 5.71. The van der Waals surface area contributed by atoms with E-state index in [0.29, 0.717) is 31.7 Å². The molecule has 154 valence electrons. The summed E-state index contributed by atoms with van der Waals surface area (Å²) in [5.41, 5.74) is 0.442. The van der Waals surface area contributed by atoms with Gasteiger partial charge in [-0.25, -0.2) is 4.79 Å². The van der Waals surface area contributed by atoms with E-state index in [9.17, 15) is 9.59 Å². The van der Waals surface area contributed by atoms with Gasteiger partial charge in [-0.1, -0.05) is 31.0 Å². The zero-order chi connectivity index (χ0) is 20.0. The van der Waals surface area contributed by atoms with Crippen LogP contribution < -0.4 is 5.32 Å². The first-order chi connectivity index (χ1) is 13.4. The van der Waals surface area contributed by atoms with Crippen LogP contribution in [0, 0.1) is 0 Å². The van der Waals surface area contributed by atoms with Crippen molar-refractivity contribution in [1.82, 2.24) is 20.0 Å². The summed E-state index contributed by atoms with van der Waals surface area (Å²) in [6.45, 7) is 9.64. The van der Waals surface area contributed by atoms with Crippen LogP contribution in [0.3, 0.4) is 0 Å². The van der Waals surface area contributed by atoms with E-state index in [2.05, 4.69) is 24.1 Å². The smallest absolute Gasteiger partial charge is 0.317 e. The van der Waals surface area contributed by atoms with Crippen LogP contribution >= 0.6 is 0 Å². The van der Waals surface area contributed by atoms with Crippen molar-refractivity contribution in [3.8, 4) is 0 Å². The van der Waals surface area contributed by atoms with Crippen molar-refractivity contribution in [3.05, 3.63) is 35.9 Å². The summed E-state index contributed by atoms with van der Waals surface area (Å²) in [5.74, 6) is 0.0437. The van der Waals surface area contributed by atoms with E-state index in [1.54, 1.807) is 0 Å². The van der Waals surface area contributed by atoms with Gasteiger partial charge in [-0.05, 0) is 51.9 Å². The normalized spacial score (nSPS) is 19.2. The predicted octanol–water partition coefficient (Wildman–Crippen LogP) is 2.81. The number of hydrogen-bond donors (Lipinski definition) is 1. The van der Waals surface area contributed by atoms with Gasteiger partial charge in [0.15, 0.2) is 0 Å². The summed E-state index contributed by atoms with van der Waals surface area (Å²) in [4.78, 5) is 31.5. The standard InChI is InChI=1S/C22H34N4O2/c1-22(2,18-24-12-8-3-4-9-13-24)23-21(28)26-16-14-25(15-17-26)20(27)19-10-6-5-7-11-19/h5-7,10-11H,3-4,8-9,12-18H2,1-2H3,(H,23,28). The van der Waals surface area contributed by atoms with Gasteiger partial charge >= 0.3 is 6.03 Å². The topological polar surface area (TPSA) is 55.9 Å². The molecule has 28 heavy (non-hydrogen) atoms. The molecule has 2 fully saturated rings. The Bertz CT molecular complexity index is 646. The number of nitrogens with zero attached hydrogens (tertiary/aromatic N) is 3. The number of hydrogen-bond acceptors (Lipinski definition) is 3. The number of amides is 3. The Morgan fingerprint density at radius 2 is 1.43 bits per heavy atom. The highest BCUT2D eigenvalue weighted by atomic mass is 16.2. The molecule has 0 unspecified atom stereocenters. The second kappa shape index (κ2) is 9.41. The SMILES string of the molecule is CC(C)(CN1CCCCCC1)NC(=O)N1CCN(C(=O)c2ccccc2)CC1. The van der Waals surface area contributed by atoms with Gasteiger partial charge < -0.3 is 20.0 Å². The monoisotopic (exact) mass is 386 g/mol. The van der Waals surface area contributed by atoms with E-state index >= 15 is 0 Å². The van der Waals surface area contributed by atoms with E-state index in [0.717, 1.165) is 19.6 Å². The lowest BCUT2D eigenvalue weighted by Gasteiger charge is -2.38. The van der Waals surface area contributed by atoms with Crippen LogP contribution in [0.1, 0.15) is 49.9 Å². The van der Waals surface area contributed by atoms with Crippen molar-refractivity contribution in [1.29, 1.82) is 0 Å². The second-order valence-corrected chi connectivity index (χ2v) is 8.65. The van der Waals surface area contributed by atoms with E-state index in [-0.39, 0.29) is 17.5 Å². The molecule has 2 aliphatic rings. The fourth-order valence-electron chi connectivity index (χ4n) is 4.14. The molecule has 1 aromatic carbocycles. The third-order valence-electron chi connectivity index (χ3n) is 5.64. The lowest BCUT2D eigenvalue weighted by molar-refractivity contribution is 0.0658. The second-order valence-electron chi connectivity index (χ2n) is 8.65. The average molecular weight is 387 g/mol.